The van der Waals surface area contributed by atoms with Crippen molar-refractivity contribution in [2.45, 2.75) is 83.9 Å². The van der Waals surface area contributed by atoms with Crippen molar-refractivity contribution in [1.82, 2.24) is 14.9 Å². The van der Waals surface area contributed by atoms with E-state index >= 15 is 0 Å². The zero-order valence-electron chi connectivity index (χ0n) is 27.6. The summed E-state index contributed by atoms with van der Waals surface area (Å²) in [6, 6.07) is 28.0. The number of amides is 1. The molecule has 3 aromatic carbocycles. The number of imidazole rings is 1. The SMILES string of the molecule is CC(=O)c1nc(-c2ccc(C[C@@H](CCCC(C)(C)[Si](O)(c3ccccc3)c3ccccc3)NC(=O)OC(C)(C)C)cc2)cn1C. The molecule has 0 saturated heterocycles. The monoisotopic (exact) mass is 625 g/mol. The van der Waals surface area contributed by atoms with Gasteiger partial charge in [-0.05, 0) is 61.0 Å². The molecule has 4 rings (SSSR count). The number of ketones is 1. The molecule has 0 bridgehead atoms. The van der Waals surface area contributed by atoms with Crippen molar-refractivity contribution < 1.29 is 19.1 Å². The molecule has 0 spiro atoms. The van der Waals surface area contributed by atoms with E-state index in [-0.39, 0.29) is 16.9 Å². The van der Waals surface area contributed by atoms with Crippen LogP contribution >= 0.6 is 0 Å². The maximum absolute atomic E-state index is 12.9. The average Bonchev–Trinajstić information content (AvgIpc) is 3.38. The molecule has 238 valence electrons. The number of nitrogens with one attached hydrogen (secondary N) is 1. The van der Waals surface area contributed by atoms with Crippen molar-refractivity contribution in [2.75, 3.05) is 0 Å². The first kappa shape index (κ1) is 33.9. The molecule has 0 radical (unpaired) electrons. The lowest BCUT2D eigenvalue weighted by Crippen LogP contribution is -2.65. The molecule has 0 unspecified atom stereocenters. The molecular weight excluding hydrogens is 579 g/mol. The van der Waals surface area contributed by atoms with E-state index in [1.165, 1.54) is 6.92 Å². The summed E-state index contributed by atoms with van der Waals surface area (Å²) < 4.78 is 7.35. The Balaban J connectivity index is 1.52. The maximum Gasteiger partial charge on any atom is 0.407 e. The van der Waals surface area contributed by atoms with Crippen molar-refractivity contribution >= 4 is 30.6 Å². The van der Waals surface area contributed by atoms with E-state index in [9.17, 15) is 14.4 Å². The number of alkyl carbamates (subject to hydrolysis) is 1. The summed E-state index contributed by atoms with van der Waals surface area (Å²) in [5.41, 5.74) is 2.13. The third kappa shape index (κ3) is 8.38. The molecule has 1 amide bonds. The van der Waals surface area contributed by atoms with Gasteiger partial charge in [0.15, 0.2) is 11.6 Å². The third-order valence-electron chi connectivity index (χ3n) is 8.36. The number of ether oxygens (including phenoxy) is 1. The van der Waals surface area contributed by atoms with Gasteiger partial charge in [-0.1, -0.05) is 105 Å². The van der Waals surface area contributed by atoms with E-state index in [0.717, 1.165) is 46.5 Å². The summed E-state index contributed by atoms with van der Waals surface area (Å²) in [4.78, 5) is 41.8. The highest BCUT2D eigenvalue weighted by Crippen LogP contribution is 2.40. The summed E-state index contributed by atoms with van der Waals surface area (Å²) in [6.07, 6.45) is 4.36. The van der Waals surface area contributed by atoms with Gasteiger partial charge in [-0.2, -0.15) is 0 Å². The lowest BCUT2D eigenvalue weighted by Gasteiger charge is -2.41. The molecule has 4 aromatic rings. The zero-order chi connectivity index (χ0) is 32.8. The first-order valence-electron chi connectivity index (χ1n) is 15.7. The molecule has 2 N–H and O–H groups in total. The van der Waals surface area contributed by atoms with Gasteiger partial charge >= 0.3 is 6.09 Å². The number of carbonyl (C=O) groups excluding carboxylic acids is 2. The molecule has 0 aliphatic heterocycles. The summed E-state index contributed by atoms with van der Waals surface area (Å²) in [7, 11) is -1.31. The van der Waals surface area contributed by atoms with Crippen LogP contribution in [-0.4, -0.2) is 46.2 Å². The Kier molecular flexibility index (Phi) is 10.5. The smallest absolute Gasteiger partial charge is 0.407 e. The zero-order valence-corrected chi connectivity index (χ0v) is 28.6. The number of nitrogens with zero attached hydrogens (tertiary/aromatic N) is 2. The second kappa shape index (κ2) is 14.0. The Labute approximate surface area is 268 Å². The molecule has 0 aliphatic rings. The van der Waals surface area contributed by atoms with E-state index in [1.807, 2.05) is 119 Å². The number of Topliss-reactive ketones (excluding diaryl/α,β-unsaturated/α-hetero) is 1. The fraction of sp³-hybridized carbons (Fsp3) is 0.378. The van der Waals surface area contributed by atoms with Gasteiger partial charge in [-0.15, -0.1) is 0 Å². The van der Waals surface area contributed by atoms with Crippen LogP contribution in [0.2, 0.25) is 5.04 Å². The molecule has 0 fully saturated rings. The topological polar surface area (TPSA) is 93.4 Å². The normalized spacial score (nSPS) is 12.9. The minimum atomic E-state index is -3.13. The molecule has 1 atom stereocenters. The van der Waals surface area contributed by atoms with Gasteiger partial charge in [0.05, 0.1) is 5.69 Å². The molecule has 1 aromatic heterocycles. The second-order valence-corrected chi connectivity index (χ2v) is 17.5. The van der Waals surface area contributed by atoms with Gasteiger partial charge in [-0.25, -0.2) is 9.78 Å². The summed E-state index contributed by atoms with van der Waals surface area (Å²) in [5.74, 6) is 0.348. The Morgan fingerprint density at radius 3 is 1.96 bits per heavy atom. The highest BCUT2D eigenvalue weighted by Gasteiger charge is 2.49. The molecule has 7 nitrogen and oxygen atoms in total. The number of carbonyl (C=O) groups is 2. The summed E-state index contributed by atoms with van der Waals surface area (Å²) in [6.45, 7) is 11.4. The molecule has 8 heteroatoms. The lowest BCUT2D eigenvalue weighted by atomic mass is 9.97. The minimum absolute atomic E-state index is 0.0757. The van der Waals surface area contributed by atoms with Gasteiger partial charge in [0.2, 0.25) is 0 Å². The van der Waals surface area contributed by atoms with Gasteiger partial charge in [0, 0.05) is 31.8 Å². The number of hydrogen-bond donors (Lipinski definition) is 2. The van der Waals surface area contributed by atoms with Gasteiger partial charge in [-0.3, -0.25) is 4.79 Å². The highest BCUT2D eigenvalue weighted by atomic mass is 28.4. The Bertz CT molecular complexity index is 1540. The van der Waals surface area contributed by atoms with E-state index in [4.69, 9.17) is 4.74 Å². The van der Waals surface area contributed by atoms with Gasteiger partial charge in [0.1, 0.15) is 5.60 Å². The number of hydrogen-bond acceptors (Lipinski definition) is 5. The standard InChI is InChI=1S/C37H47N3O4Si/c1-27(41)34-39-33(26-40(34)7)29-22-20-28(21-23-29)25-30(38-35(42)44-36(2,3)4)15-14-24-37(5,6)45(43,31-16-10-8-11-17-31)32-18-12-9-13-19-32/h8-13,16-23,26,30,43H,14-15,24-25H2,1-7H3,(H,38,42)/t30-/m1/s1. The minimum Gasteiger partial charge on any atom is -0.444 e. The van der Waals surface area contributed by atoms with Crippen LogP contribution in [0, 0.1) is 0 Å². The predicted molar refractivity (Wildman–Crippen MR) is 184 cm³/mol. The Hall–Kier alpha value is -4.01. The van der Waals surface area contributed by atoms with E-state index in [0.29, 0.717) is 12.2 Å². The van der Waals surface area contributed by atoms with Crippen molar-refractivity contribution in [1.29, 1.82) is 0 Å². The lowest BCUT2D eigenvalue weighted by molar-refractivity contribution is 0.0500. The number of aromatic nitrogens is 2. The van der Waals surface area contributed by atoms with Crippen LogP contribution in [0.5, 0.6) is 0 Å². The first-order chi connectivity index (χ1) is 21.2. The number of rotatable bonds is 12. The summed E-state index contributed by atoms with van der Waals surface area (Å²) >= 11 is 0. The van der Waals surface area contributed by atoms with Crippen molar-refractivity contribution in [3.8, 4) is 11.3 Å². The molecular formula is C37H47N3O4Si. The first-order valence-corrected chi connectivity index (χ1v) is 17.6. The molecule has 0 aliphatic carbocycles. The van der Waals surface area contributed by atoms with Crippen molar-refractivity contribution in [3.63, 3.8) is 0 Å². The van der Waals surface area contributed by atoms with Crippen molar-refractivity contribution in [2.24, 2.45) is 7.05 Å². The van der Waals surface area contributed by atoms with E-state index in [2.05, 4.69) is 24.1 Å². The highest BCUT2D eigenvalue weighted by molar-refractivity contribution is 6.98. The largest absolute Gasteiger partial charge is 0.444 e. The van der Waals surface area contributed by atoms with Crippen LogP contribution in [0.4, 0.5) is 4.79 Å². The van der Waals surface area contributed by atoms with Crippen LogP contribution < -0.4 is 15.7 Å². The van der Waals surface area contributed by atoms with Crippen LogP contribution in [0.15, 0.2) is 91.1 Å². The van der Waals surface area contributed by atoms with Crippen molar-refractivity contribution in [3.05, 3.63) is 103 Å². The van der Waals surface area contributed by atoms with Gasteiger partial charge < -0.3 is 19.4 Å². The third-order valence-corrected chi connectivity index (χ3v) is 12.9. The van der Waals surface area contributed by atoms with Crippen LogP contribution in [-0.2, 0) is 18.2 Å². The van der Waals surface area contributed by atoms with E-state index < -0.39 is 20.0 Å². The van der Waals surface area contributed by atoms with Crippen LogP contribution in [0.25, 0.3) is 11.3 Å². The number of benzene rings is 3. The van der Waals surface area contributed by atoms with Gasteiger partial charge in [0.25, 0.3) is 8.32 Å². The Morgan fingerprint density at radius 2 is 1.47 bits per heavy atom. The number of aryl methyl sites for hydroxylation is 1. The fourth-order valence-electron chi connectivity index (χ4n) is 6.01. The Morgan fingerprint density at radius 1 is 0.911 bits per heavy atom. The molecule has 1 heterocycles. The predicted octanol–water partition coefficient (Wildman–Crippen LogP) is 6.43. The van der Waals surface area contributed by atoms with E-state index in [1.54, 1.807) is 4.57 Å². The molecule has 0 saturated carbocycles. The quantitative estimate of drug-likeness (QED) is 0.140. The summed E-state index contributed by atoms with van der Waals surface area (Å²) in [5, 5.41) is 4.72. The van der Waals surface area contributed by atoms with Crippen LogP contribution in [0.3, 0.4) is 0 Å². The van der Waals surface area contributed by atoms with Crippen LogP contribution in [0.1, 0.15) is 77.0 Å². The second-order valence-electron chi connectivity index (χ2n) is 13.6. The average molecular weight is 626 g/mol. The maximum atomic E-state index is 12.9. The molecule has 45 heavy (non-hydrogen) atoms. The fourth-order valence-corrected chi connectivity index (χ4v) is 9.79.